The Balaban J connectivity index is 1.45. The molecule has 1 aliphatic rings. The second kappa shape index (κ2) is 9.34. The smallest absolute Gasteiger partial charge is 0.196 e. The first-order valence-electron chi connectivity index (χ1n) is 11.1. The number of aromatic nitrogens is 5. The van der Waals surface area contributed by atoms with Gasteiger partial charge in [0.15, 0.2) is 11.0 Å². The van der Waals surface area contributed by atoms with Crippen LogP contribution in [0.4, 0.5) is 0 Å². The summed E-state index contributed by atoms with van der Waals surface area (Å²) in [4.78, 5) is 7.25. The molecule has 7 nitrogen and oxygen atoms in total. The highest BCUT2D eigenvalue weighted by molar-refractivity contribution is 7.98. The van der Waals surface area contributed by atoms with E-state index in [0.717, 1.165) is 52.6 Å². The molecule has 1 atom stereocenters. The molecule has 5 rings (SSSR count). The van der Waals surface area contributed by atoms with Crippen LogP contribution in [0.15, 0.2) is 60.0 Å². The number of hydrogen-bond donors (Lipinski definition) is 0. The van der Waals surface area contributed by atoms with Gasteiger partial charge in [0.25, 0.3) is 0 Å². The van der Waals surface area contributed by atoms with Crippen LogP contribution in [0.25, 0.3) is 11.3 Å². The molecule has 1 aromatic carbocycles. The van der Waals surface area contributed by atoms with Crippen LogP contribution in [0.5, 0.6) is 5.75 Å². The minimum absolute atomic E-state index is 0.203. The third kappa shape index (κ3) is 4.25. The van der Waals surface area contributed by atoms with E-state index in [1.807, 2.05) is 40.9 Å². The van der Waals surface area contributed by atoms with Gasteiger partial charge in [0.1, 0.15) is 11.4 Å². The number of ether oxygens (including phenoxy) is 1. The van der Waals surface area contributed by atoms with Gasteiger partial charge >= 0.3 is 0 Å². The largest absolute Gasteiger partial charge is 0.497 e. The maximum atomic E-state index is 5.36. The predicted molar refractivity (Wildman–Crippen MR) is 127 cm³/mol. The third-order valence-electron chi connectivity index (χ3n) is 6.06. The topological polar surface area (TPSA) is 60.5 Å². The van der Waals surface area contributed by atoms with Gasteiger partial charge in [-0.25, -0.2) is 4.98 Å². The molecule has 4 heterocycles. The molecule has 8 heteroatoms. The van der Waals surface area contributed by atoms with E-state index in [1.54, 1.807) is 18.9 Å². The van der Waals surface area contributed by atoms with Gasteiger partial charge < -0.3 is 9.14 Å². The van der Waals surface area contributed by atoms with E-state index < -0.39 is 0 Å². The van der Waals surface area contributed by atoms with Crippen molar-refractivity contribution in [3.05, 3.63) is 66.4 Å². The molecule has 0 bridgehead atoms. The van der Waals surface area contributed by atoms with Gasteiger partial charge in [-0.2, -0.15) is 0 Å². The molecule has 0 aliphatic carbocycles. The molecular formula is C24H28N6OS. The zero-order valence-corrected chi connectivity index (χ0v) is 19.3. The Morgan fingerprint density at radius 2 is 1.84 bits per heavy atom. The minimum Gasteiger partial charge on any atom is -0.497 e. The number of piperidine rings is 1. The normalized spacial score (nSPS) is 15.8. The third-order valence-corrected chi connectivity index (χ3v) is 7.03. The number of pyridine rings is 1. The van der Waals surface area contributed by atoms with E-state index in [-0.39, 0.29) is 6.04 Å². The predicted octanol–water partition coefficient (Wildman–Crippen LogP) is 4.76. The Bertz CT molecular complexity index is 1150. The summed E-state index contributed by atoms with van der Waals surface area (Å²) in [7, 11) is 1.69. The lowest BCUT2D eigenvalue weighted by Gasteiger charge is -2.31. The molecule has 1 aliphatic heterocycles. The molecule has 0 saturated carbocycles. The van der Waals surface area contributed by atoms with Crippen LogP contribution in [0.3, 0.4) is 0 Å². The van der Waals surface area contributed by atoms with E-state index in [1.165, 1.54) is 19.3 Å². The first kappa shape index (κ1) is 21.0. The number of imidazole rings is 1. The van der Waals surface area contributed by atoms with Crippen molar-refractivity contribution in [1.29, 1.82) is 0 Å². The fourth-order valence-corrected chi connectivity index (χ4v) is 5.13. The number of hydrogen-bond acceptors (Lipinski definition) is 6. The summed E-state index contributed by atoms with van der Waals surface area (Å²) in [5.74, 6) is 2.55. The summed E-state index contributed by atoms with van der Waals surface area (Å²) >= 11 is 1.67. The Labute approximate surface area is 192 Å². The van der Waals surface area contributed by atoms with Crippen LogP contribution < -0.4 is 4.74 Å². The van der Waals surface area contributed by atoms with Gasteiger partial charge in [0.05, 0.1) is 18.8 Å². The van der Waals surface area contributed by atoms with Gasteiger partial charge in [-0.1, -0.05) is 24.2 Å². The molecule has 0 unspecified atom stereocenters. The molecule has 4 aromatic rings. The first-order chi connectivity index (χ1) is 15.7. The van der Waals surface area contributed by atoms with Crippen molar-refractivity contribution in [2.75, 3.05) is 20.2 Å². The average Bonchev–Trinajstić information content (AvgIpc) is 3.46. The number of rotatable bonds is 7. The second-order valence-electron chi connectivity index (χ2n) is 8.13. The van der Waals surface area contributed by atoms with Crippen molar-refractivity contribution >= 4 is 17.4 Å². The van der Waals surface area contributed by atoms with Crippen LogP contribution in [-0.2, 0) is 5.75 Å². The zero-order valence-electron chi connectivity index (χ0n) is 18.5. The SMILES string of the molecule is COc1ccc(-n2c(SCc3cn4ccccc4n3)nnc2[C@@H](C)N2CCCCC2)cc1. The second-order valence-corrected chi connectivity index (χ2v) is 9.08. The Kier molecular flexibility index (Phi) is 6.14. The Morgan fingerprint density at radius 1 is 1.03 bits per heavy atom. The van der Waals surface area contributed by atoms with Gasteiger partial charge in [0, 0.05) is 23.8 Å². The molecule has 32 heavy (non-hydrogen) atoms. The van der Waals surface area contributed by atoms with E-state index in [2.05, 4.69) is 44.9 Å². The molecule has 1 saturated heterocycles. The first-order valence-corrected chi connectivity index (χ1v) is 12.1. The summed E-state index contributed by atoms with van der Waals surface area (Å²) < 4.78 is 9.60. The zero-order chi connectivity index (χ0) is 21.9. The fraction of sp³-hybridized carbons (Fsp3) is 0.375. The van der Waals surface area contributed by atoms with Crippen LogP contribution in [0.2, 0.25) is 0 Å². The quantitative estimate of drug-likeness (QED) is 0.380. The highest BCUT2D eigenvalue weighted by atomic mass is 32.2. The van der Waals surface area contributed by atoms with Crippen LogP contribution in [-0.4, -0.2) is 49.2 Å². The van der Waals surface area contributed by atoms with Crippen molar-refractivity contribution in [2.45, 2.75) is 43.1 Å². The van der Waals surface area contributed by atoms with Crippen molar-refractivity contribution in [3.63, 3.8) is 0 Å². The lowest BCUT2D eigenvalue weighted by molar-refractivity contribution is 0.167. The van der Waals surface area contributed by atoms with Crippen LogP contribution >= 0.6 is 11.8 Å². The summed E-state index contributed by atoms with van der Waals surface area (Å²) in [6.07, 6.45) is 7.91. The van der Waals surface area contributed by atoms with Gasteiger partial charge in [-0.05, 0) is 69.3 Å². The molecule has 0 spiro atoms. The van der Waals surface area contributed by atoms with Crippen LogP contribution in [0.1, 0.15) is 43.7 Å². The number of nitrogens with zero attached hydrogens (tertiary/aromatic N) is 6. The molecule has 0 amide bonds. The van der Waals surface area contributed by atoms with E-state index in [0.29, 0.717) is 0 Å². The van der Waals surface area contributed by atoms with Crippen molar-refractivity contribution in [2.24, 2.45) is 0 Å². The van der Waals surface area contributed by atoms with E-state index in [9.17, 15) is 0 Å². The highest BCUT2D eigenvalue weighted by Gasteiger charge is 2.25. The Morgan fingerprint density at radius 3 is 2.59 bits per heavy atom. The number of methoxy groups -OCH3 is 1. The highest BCUT2D eigenvalue weighted by Crippen LogP contribution is 2.31. The number of benzene rings is 1. The monoisotopic (exact) mass is 448 g/mol. The lowest BCUT2D eigenvalue weighted by atomic mass is 10.1. The standard InChI is InChI=1S/C24H28N6OS/c1-18(28-13-5-3-6-14-28)23-26-27-24(30(23)20-9-11-21(31-2)12-10-20)32-17-19-16-29-15-7-4-8-22(29)25-19/h4,7-12,15-16,18H,3,5-6,13-14,17H2,1-2H3/t18-/m1/s1. The number of thioether (sulfide) groups is 1. The molecule has 3 aromatic heterocycles. The number of fused-ring (bicyclic) bond motifs is 1. The van der Waals surface area contributed by atoms with Crippen molar-refractivity contribution in [1.82, 2.24) is 29.0 Å². The van der Waals surface area contributed by atoms with Gasteiger partial charge in [-0.15, -0.1) is 10.2 Å². The average molecular weight is 449 g/mol. The lowest BCUT2D eigenvalue weighted by Crippen LogP contribution is -2.33. The maximum absolute atomic E-state index is 5.36. The Hall–Kier alpha value is -2.84. The maximum Gasteiger partial charge on any atom is 0.196 e. The molecular weight excluding hydrogens is 420 g/mol. The summed E-state index contributed by atoms with van der Waals surface area (Å²) in [5.41, 5.74) is 3.03. The summed E-state index contributed by atoms with van der Waals surface area (Å²) in [5, 5.41) is 10.1. The van der Waals surface area contributed by atoms with Gasteiger partial charge in [0.2, 0.25) is 0 Å². The molecule has 1 fully saturated rings. The molecule has 166 valence electrons. The van der Waals surface area contributed by atoms with E-state index >= 15 is 0 Å². The van der Waals surface area contributed by atoms with Crippen LogP contribution in [0, 0.1) is 0 Å². The van der Waals surface area contributed by atoms with Crippen molar-refractivity contribution in [3.8, 4) is 11.4 Å². The van der Waals surface area contributed by atoms with Crippen molar-refractivity contribution < 1.29 is 4.74 Å². The molecule has 0 N–H and O–H groups in total. The summed E-state index contributed by atoms with van der Waals surface area (Å²) in [6.45, 7) is 4.46. The van der Waals surface area contributed by atoms with E-state index in [4.69, 9.17) is 9.72 Å². The number of likely N-dealkylation sites (tertiary alicyclic amines) is 1. The molecule has 0 radical (unpaired) electrons. The fourth-order valence-electron chi connectivity index (χ4n) is 4.28. The van der Waals surface area contributed by atoms with Gasteiger partial charge in [-0.3, -0.25) is 9.47 Å². The minimum atomic E-state index is 0.203. The summed E-state index contributed by atoms with van der Waals surface area (Å²) in [6, 6.07) is 14.4.